The first kappa shape index (κ1) is 43.1. The van der Waals surface area contributed by atoms with Crippen molar-refractivity contribution in [1.29, 1.82) is 0 Å². The summed E-state index contributed by atoms with van der Waals surface area (Å²) in [4.78, 5) is 58.2. The molecular weight excluding hydrogens is 764 g/mol. The van der Waals surface area contributed by atoms with Gasteiger partial charge in [0.1, 0.15) is 0 Å². The average Bonchev–Trinajstić information content (AvgIpc) is 4.10. The highest BCUT2D eigenvalue weighted by molar-refractivity contribution is 6.05. The number of aliphatic hydroxyl groups excluding tert-OH is 2. The predicted octanol–water partition coefficient (Wildman–Crippen LogP) is 5.65. The van der Waals surface area contributed by atoms with Gasteiger partial charge in [-0.3, -0.25) is 19.4 Å². The fourth-order valence-electron chi connectivity index (χ4n) is 8.51. The van der Waals surface area contributed by atoms with E-state index in [0.29, 0.717) is 45.2 Å². The Morgan fingerprint density at radius 1 is 0.678 bits per heavy atom. The zero-order chi connectivity index (χ0) is 42.5. The molecule has 16 nitrogen and oxygen atoms in total. The monoisotopic (exact) mass is 820 g/mol. The largest absolute Gasteiger partial charge is 0.493 e. The Hall–Kier alpha value is -5.48. The quantitative estimate of drug-likeness (QED) is 0.0948. The standard InChI is InChI=1S/C43H56N4O12/c1-5-14-44(40(52)53)32-20-36(34(56-3)18-30(32)38(50)46-26-42(10-11-42)22-28(46)24-48)58-16-8-7-9-17-59-37-21-33(45(15-6-2)41(54)55)31(19-35(37)57-4)39(51)47-27-43(12-13-43)23-29(47)25-49/h5-6,18-21,28-29,48-49H,1-2,7-17,22-27H2,3-4H3,(H,52,53)(H,54,55)/t28-,29-/m0/s1. The number of carbonyl (C=O) groups is 4. The van der Waals surface area contributed by atoms with Crippen LogP contribution in [0.5, 0.6) is 23.0 Å². The van der Waals surface area contributed by atoms with Crippen molar-refractivity contribution in [1.82, 2.24) is 9.80 Å². The second kappa shape index (κ2) is 18.2. The van der Waals surface area contributed by atoms with Crippen molar-refractivity contribution in [2.24, 2.45) is 10.8 Å². The van der Waals surface area contributed by atoms with Gasteiger partial charge < -0.3 is 49.2 Å². The van der Waals surface area contributed by atoms with Crippen LogP contribution in [-0.4, -0.2) is 133 Å². The van der Waals surface area contributed by atoms with E-state index < -0.39 is 24.0 Å². The van der Waals surface area contributed by atoms with E-state index in [4.69, 9.17) is 18.9 Å². The van der Waals surface area contributed by atoms with Gasteiger partial charge >= 0.3 is 12.2 Å². The second-order valence-electron chi connectivity index (χ2n) is 16.1. The molecule has 2 saturated carbocycles. The van der Waals surface area contributed by atoms with Crippen molar-refractivity contribution in [2.75, 3.05) is 76.6 Å². The van der Waals surface area contributed by atoms with Crippen LogP contribution in [-0.2, 0) is 0 Å². The first-order valence-corrected chi connectivity index (χ1v) is 20.1. The Morgan fingerprint density at radius 2 is 1.07 bits per heavy atom. The number of benzene rings is 2. The van der Waals surface area contributed by atoms with Crippen molar-refractivity contribution in [2.45, 2.75) is 69.9 Å². The minimum Gasteiger partial charge on any atom is -0.493 e. The number of amides is 4. The van der Waals surface area contributed by atoms with E-state index in [1.165, 1.54) is 50.6 Å². The number of methoxy groups -OCH3 is 2. The van der Waals surface area contributed by atoms with Gasteiger partial charge in [-0.15, -0.1) is 13.2 Å². The molecule has 320 valence electrons. The summed E-state index contributed by atoms with van der Waals surface area (Å²) in [5, 5.41) is 40.4. The maximum Gasteiger partial charge on any atom is 0.412 e. The number of carboxylic acid groups (broad SMARTS) is 2. The number of rotatable bonds is 20. The molecule has 6 rings (SSSR count). The summed E-state index contributed by atoms with van der Waals surface area (Å²) in [6.45, 7) is 8.29. The van der Waals surface area contributed by atoms with Crippen molar-refractivity contribution in [3.63, 3.8) is 0 Å². The van der Waals surface area contributed by atoms with E-state index in [9.17, 15) is 39.6 Å². The van der Waals surface area contributed by atoms with E-state index >= 15 is 0 Å². The molecule has 2 saturated heterocycles. The molecule has 4 amide bonds. The van der Waals surface area contributed by atoms with Crippen molar-refractivity contribution < 1.29 is 58.6 Å². The molecule has 2 spiro atoms. The van der Waals surface area contributed by atoms with E-state index in [0.717, 1.165) is 35.5 Å². The molecule has 2 aromatic rings. The summed E-state index contributed by atoms with van der Waals surface area (Å²) in [6.07, 6.45) is 7.44. The topological polar surface area (TPSA) is 199 Å². The molecule has 0 unspecified atom stereocenters. The fourth-order valence-corrected chi connectivity index (χ4v) is 8.51. The maximum atomic E-state index is 14.0. The SMILES string of the molecule is C=CCN(C(=O)O)c1cc(OCCCCCOc2cc(N(CC=C)C(=O)O)c(C(=O)N3CC4(CC4)C[C@H]3CO)cc2OC)c(OC)cc1C(=O)N1CC2(CC2)C[C@H]1CO. The molecule has 2 heterocycles. The van der Waals surface area contributed by atoms with Gasteiger partial charge in [0.25, 0.3) is 11.8 Å². The van der Waals surface area contributed by atoms with Crippen LogP contribution in [0.1, 0.15) is 78.5 Å². The highest BCUT2D eigenvalue weighted by Gasteiger charge is 2.54. The lowest BCUT2D eigenvalue weighted by Crippen LogP contribution is -2.39. The van der Waals surface area contributed by atoms with Crippen LogP contribution in [0.4, 0.5) is 21.0 Å². The van der Waals surface area contributed by atoms with Crippen LogP contribution in [0.3, 0.4) is 0 Å². The zero-order valence-corrected chi connectivity index (χ0v) is 33.9. The lowest BCUT2D eigenvalue weighted by molar-refractivity contribution is 0.0668. The van der Waals surface area contributed by atoms with Crippen molar-refractivity contribution in [3.05, 3.63) is 60.7 Å². The molecule has 2 aliphatic heterocycles. The van der Waals surface area contributed by atoms with E-state index in [2.05, 4.69) is 13.2 Å². The third-order valence-corrected chi connectivity index (χ3v) is 12.1. The summed E-state index contributed by atoms with van der Waals surface area (Å²) in [7, 11) is 2.88. The first-order valence-electron chi connectivity index (χ1n) is 20.1. The Morgan fingerprint density at radius 3 is 1.37 bits per heavy atom. The molecule has 2 aromatic carbocycles. The van der Waals surface area contributed by atoms with Gasteiger partial charge in [0.15, 0.2) is 23.0 Å². The molecule has 4 aliphatic rings. The van der Waals surface area contributed by atoms with Crippen LogP contribution >= 0.6 is 0 Å². The second-order valence-corrected chi connectivity index (χ2v) is 16.1. The Bertz CT molecular complexity index is 1790. The van der Waals surface area contributed by atoms with Gasteiger partial charge in [-0.1, -0.05) is 12.2 Å². The Kier molecular flexibility index (Phi) is 13.3. The summed E-state index contributed by atoms with van der Waals surface area (Å²) in [5.74, 6) is 0.238. The highest BCUT2D eigenvalue weighted by atomic mass is 16.5. The van der Waals surface area contributed by atoms with Crippen molar-refractivity contribution >= 4 is 35.4 Å². The fraction of sp³-hybridized carbons (Fsp3) is 0.535. The molecule has 16 heteroatoms. The molecule has 4 fully saturated rings. The number of likely N-dealkylation sites (tertiary alicyclic amines) is 2. The number of hydrogen-bond donors (Lipinski definition) is 4. The average molecular weight is 821 g/mol. The zero-order valence-electron chi connectivity index (χ0n) is 33.9. The van der Waals surface area contributed by atoms with Crippen LogP contribution in [0, 0.1) is 10.8 Å². The molecule has 2 aliphatic carbocycles. The number of carbonyl (C=O) groups excluding carboxylic acids is 2. The van der Waals surface area contributed by atoms with E-state index in [-0.39, 0.29) is 108 Å². The smallest absolute Gasteiger partial charge is 0.412 e. The van der Waals surface area contributed by atoms with E-state index in [1.807, 2.05) is 0 Å². The van der Waals surface area contributed by atoms with Gasteiger partial charge in [0.2, 0.25) is 0 Å². The van der Waals surface area contributed by atoms with Gasteiger partial charge in [-0.2, -0.15) is 0 Å². The summed E-state index contributed by atoms with van der Waals surface area (Å²) >= 11 is 0. The van der Waals surface area contributed by atoms with Crippen LogP contribution in [0.15, 0.2) is 49.6 Å². The van der Waals surface area contributed by atoms with Crippen LogP contribution in [0.2, 0.25) is 0 Å². The summed E-state index contributed by atoms with van der Waals surface area (Å²) in [5.41, 5.74) is 0.513. The number of nitrogens with zero attached hydrogens (tertiary/aromatic N) is 4. The first-order chi connectivity index (χ1) is 28.4. The maximum absolute atomic E-state index is 14.0. The molecule has 4 N–H and O–H groups in total. The van der Waals surface area contributed by atoms with Gasteiger partial charge in [-0.05, 0) is 80.8 Å². The number of ether oxygens (including phenoxy) is 4. The molecule has 59 heavy (non-hydrogen) atoms. The predicted molar refractivity (Wildman–Crippen MR) is 218 cm³/mol. The third-order valence-electron chi connectivity index (χ3n) is 12.1. The van der Waals surface area contributed by atoms with Gasteiger partial charge in [0, 0.05) is 38.3 Å². The van der Waals surface area contributed by atoms with Gasteiger partial charge in [0.05, 0.1) is 75.2 Å². The Labute approximate surface area is 344 Å². The molecular formula is C43H56N4O12. The van der Waals surface area contributed by atoms with Crippen LogP contribution < -0.4 is 28.7 Å². The van der Waals surface area contributed by atoms with E-state index in [1.54, 1.807) is 9.80 Å². The van der Waals surface area contributed by atoms with Crippen LogP contribution in [0.25, 0.3) is 0 Å². The molecule has 0 radical (unpaired) electrons. The lowest BCUT2D eigenvalue weighted by atomic mass is 10.0. The lowest BCUT2D eigenvalue weighted by Gasteiger charge is -2.28. The number of anilines is 2. The normalized spacial score (nSPS) is 19.3. The van der Waals surface area contributed by atoms with Crippen molar-refractivity contribution in [3.8, 4) is 23.0 Å². The molecule has 0 aromatic heterocycles. The number of aliphatic hydroxyl groups is 2. The highest BCUT2D eigenvalue weighted by Crippen LogP contribution is 2.56. The van der Waals surface area contributed by atoms with Gasteiger partial charge in [-0.25, -0.2) is 9.59 Å². The minimum absolute atomic E-state index is 0.0141. The number of unbranched alkanes of at least 4 members (excludes halogenated alkanes) is 2. The molecule has 0 bridgehead atoms. The summed E-state index contributed by atoms with van der Waals surface area (Å²) < 4.78 is 23.4. The third kappa shape index (κ3) is 9.23. The minimum atomic E-state index is -1.27. The Balaban J connectivity index is 1.12. The molecule has 2 atom stereocenters. The summed E-state index contributed by atoms with van der Waals surface area (Å²) in [6, 6.07) is 5.25. The number of hydrogen-bond acceptors (Lipinski definition) is 10.